The summed E-state index contributed by atoms with van der Waals surface area (Å²) >= 11 is 0. The maximum absolute atomic E-state index is 13.2. The van der Waals surface area contributed by atoms with E-state index in [4.69, 9.17) is 0 Å². The lowest BCUT2D eigenvalue weighted by Crippen LogP contribution is -2.28. The van der Waals surface area contributed by atoms with Gasteiger partial charge in [0.15, 0.2) is 0 Å². The Hall–Kier alpha value is -0.110. The minimum atomic E-state index is -0.581. The zero-order chi connectivity index (χ0) is 10.4. The van der Waals surface area contributed by atoms with Gasteiger partial charge in [0, 0.05) is 25.0 Å². The Morgan fingerprint density at radius 2 is 1.85 bits per heavy atom. The number of rotatable bonds is 2. The summed E-state index contributed by atoms with van der Waals surface area (Å²) in [7, 11) is 0. The highest BCUT2D eigenvalue weighted by Gasteiger charge is 2.32. The molecule has 2 heteroatoms. The van der Waals surface area contributed by atoms with Crippen molar-refractivity contribution >= 4 is 0 Å². The van der Waals surface area contributed by atoms with Gasteiger partial charge >= 0.3 is 0 Å². The van der Waals surface area contributed by atoms with Gasteiger partial charge in [-0.05, 0) is 20.3 Å². The minimum absolute atomic E-state index is 0.289. The van der Waals surface area contributed by atoms with Gasteiger partial charge in [-0.3, -0.25) is 4.90 Å². The Morgan fingerprint density at radius 3 is 2.08 bits per heavy atom. The molecular weight excluding hydrogens is 165 g/mol. The van der Waals surface area contributed by atoms with Crippen LogP contribution in [0.1, 0.15) is 41.0 Å². The fraction of sp³-hybridized carbons (Fsp3) is 1.00. The summed E-state index contributed by atoms with van der Waals surface area (Å²) in [4.78, 5) is 2.22. The monoisotopic (exact) mass is 189 g/mol. The molecular formula is C11H24FN. The standard InChI is InChI=1S/C9H18FN.C2H6/c1-4-8-5-11(7(2)3)6-9(8)10;1-2/h7-9H,4-6H2,1-3H3;1-2H3. The van der Waals surface area contributed by atoms with Crippen molar-refractivity contribution in [1.29, 1.82) is 0 Å². The van der Waals surface area contributed by atoms with Crippen LogP contribution in [0.2, 0.25) is 0 Å². The lowest BCUT2D eigenvalue weighted by Gasteiger charge is -2.19. The summed E-state index contributed by atoms with van der Waals surface area (Å²) in [6.45, 7) is 11.9. The number of alkyl halides is 1. The van der Waals surface area contributed by atoms with Crippen LogP contribution in [0, 0.1) is 5.92 Å². The van der Waals surface area contributed by atoms with E-state index in [2.05, 4.69) is 25.7 Å². The van der Waals surface area contributed by atoms with Crippen molar-refractivity contribution in [2.45, 2.75) is 53.3 Å². The van der Waals surface area contributed by atoms with Crippen LogP contribution < -0.4 is 0 Å². The van der Waals surface area contributed by atoms with E-state index < -0.39 is 6.17 Å². The molecule has 1 aliphatic heterocycles. The fourth-order valence-electron chi connectivity index (χ4n) is 1.67. The van der Waals surface area contributed by atoms with E-state index in [1.54, 1.807) is 0 Å². The Morgan fingerprint density at radius 1 is 1.31 bits per heavy atom. The van der Waals surface area contributed by atoms with E-state index in [-0.39, 0.29) is 5.92 Å². The molecule has 2 unspecified atom stereocenters. The van der Waals surface area contributed by atoms with E-state index in [1.165, 1.54) is 0 Å². The number of nitrogens with zero attached hydrogens (tertiary/aromatic N) is 1. The highest BCUT2D eigenvalue weighted by Crippen LogP contribution is 2.23. The van der Waals surface area contributed by atoms with Crippen molar-refractivity contribution in [3.8, 4) is 0 Å². The minimum Gasteiger partial charge on any atom is -0.298 e. The van der Waals surface area contributed by atoms with Crippen molar-refractivity contribution in [3.05, 3.63) is 0 Å². The molecule has 1 heterocycles. The molecule has 1 fully saturated rings. The molecule has 0 saturated carbocycles. The number of likely N-dealkylation sites (tertiary alicyclic amines) is 1. The van der Waals surface area contributed by atoms with Crippen LogP contribution in [0.25, 0.3) is 0 Å². The summed E-state index contributed by atoms with van der Waals surface area (Å²) in [5.74, 6) is 0.289. The van der Waals surface area contributed by atoms with E-state index >= 15 is 0 Å². The average Bonchev–Trinajstić information content (AvgIpc) is 2.50. The molecule has 1 saturated heterocycles. The third-order valence-electron chi connectivity index (χ3n) is 2.64. The average molecular weight is 189 g/mol. The summed E-state index contributed by atoms with van der Waals surface area (Å²) in [6.07, 6.45) is 0.395. The van der Waals surface area contributed by atoms with Crippen LogP contribution >= 0.6 is 0 Å². The molecule has 1 rings (SSSR count). The molecule has 13 heavy (non-hydrogen) atoms. The van der Waals surface area contributed by atoms with Gasteiger partial charge in [-0.1, -0.05) is 20.8 Å². The lowest BCUT2D eigenvalue weighted by molar-refractivity contribution is 0.244. The van der Waals surface area contributed by atoms with Crippen LogP contribution in [0.3, 0.4) is 0 Å². The zero-order valence-electron chi connectivity index (χ0n) is 9.68. The van der Waals surface area contributed by atoms with Gasteiger partial charge in [0.2, 0.25) is 0 Å². The van der Waals surface area contributed by atoms with Crippen LogP contribution in [0.4, 0.5) is 4.39 Å². The molecule has 0 aliphatic carbocycles. The smallest absolute Gasteiger partial charge is 0.117 e. The Labute approximate surface area is 82.3 Å². The molecule has 1 nitrogen and oxygen atoms in total. The molecule has 0 aromatic carbocycles. The van der Waals surface area contributed by atoms with E-state index in [0.29, 0.717) is 12.6 Å². The van der Waals surface area contributed by atoms with Crippen LogP contribution in [-0.2, 0) is 0 Å². The first kappa shape index (κ1) is 12.9. The quantitative estimate of drug-likeness (QED) is 0.645. The lowest BCUT2D eigenvalue weighted by atomic mass is 10.1. The topological polar surface area (TPSA) is 3.24 Å². The Bertz CT molecular complexity index is 125. The maximum atomic E-state index is 13.2. The van der Waals surface area contributed by atoms with Crippen LogP contribution in [-0.4, -0.2) is 30.2 Å². The third kappa shape index (κ3) is 3.63. The van der Waals surface area contributed by atoms with Crippen molar-refractivity contribution in [2.24, 2.45) is 5.92 Å². The fourth-order valence-corrected chi connectivity index (χ4v) is 1.67. The number of halogens is 1. The first-order chi connectivity index (χ1) is 6.15. The van der Waals surface area contributed by atoms with Gasteiger partial charge in [-0.15, -0.1) is 0 Å². The van der Waals surface area contributed by atoms with Gasteiger partial charge in [-0.2, -0.15) is 0 Å². The number of hydrogen-bond donors (Lipinski definition) is 0. The van der Waals surface area contributed by atoms with E-state index in [0.717, 1.165) is 13.0 Å². The number of hydrogen-bond acceptors (Lipinski definition) is 1. The summed E-state index contributed by atoms with van der Waals surface area (Å²) < 4.78 is 13.2. The van der Waals surface area contributed by atoms with Gasteiger partial charge in [0.25, 0.3) is 0 Å². The molecule has 0 aromatic heterocycles. The first-order valence-electron chi connectivity index (χ1n) is 5.53. The predicted molar refractivity (Wildman–Crippen MR) is 56.7 cm³/mol. The molecule has 0 radical (unpaired) electrons. The maximum Gasteiger partial charge on any atom is 0.117 e. The Balaban J connectivity index is 0.000000671. The van der Waals surface area contributed by atoms with Gasteiger partial charge < -0.3 is 0 Å². The van der Waals surface area contributed by atoms with Gasteiger partial charge in [0.05, 0.1) is 0 Å². The second kappa shape index (κ2) is 6.36. The van der Waals surface area contributed by atoms with Crippen molar-refractivity contribution in [2.75, 3.05) is 13.1 Å². The molecule has 1 aliphatic rings. The summed E-state index contributed by atoms with van der Waals surface area (Å²) in [5, 5.41) is 0. The molecule has 80 valence electrons. The second-order valence-electron chi connectivity index (χ2n) is 3.73. The van der Waals surface area contributed by atoms with E-state index in [1.807, 2.05) is 13.8 Å². The highest BCUT2D eigenvalue weighted by atomic mass is 19.1. The Kier molecular flexibility index (Phi) is 6.31. The first-order valence-corrected chi connectivity index (χ1v) is 5.53. The van der Waals surface area contributed by atoms with Crippen LogP contribution in [0.5, 0.6) is 0 Å². The zero-order valence-corrected chi connectivity index (χ0v) is 9.68. The second-order valence-corrected chi connectivity index (χ2v) is 3.73. The largest absolute Gasteiger partial charge is 0.298 e. The SMILES string of the molecule is CC.CCC1CN(C(C)C)CC1F. The normalized spacial score (nSPS) is 28.8. The highest BCUT2D eigenvalue weighted by molar-refractivity contribution is 4.84. The molecule has 0 amide bonds. The summed E-state index contributed by atoms with van der Waals surface area (Å²) in [5.41, 5.74) is 0. The third-order valence-corrected chi connectivity index (χ3v) is 2.64. The molecule has 0 N–H and O–H groups in total. The predicted octanol–water partition coefficient (Wildman–Crippen LogP) is 3.10. The molecule has 0 aromatic rings. The van der Waals surface area contributed by atoms with Crippen molar-refractivity contribution in [1.82, 2.24) is 4.90 Å². The molecule has 2 atom stereocenters. The van der Waals surface area contributed by atoms with Crippen molar-refractivity contribution < 1.29 is 4.39 Å². The van der Waals surface area contributed by atoms with Crippen molar-refractivity contribution in [3.63, 3.8) is 0 Å². The summed E-state index contributed by atoms with van der Waals surface area (Å²) in [6, 6.07) is 0.504. The molecule has 0 bridgehead atoms. The van der Waals surface area contributed by atoms with Gasteiger partial charge in [-0.25, -0.2) is 4.39 Å². The molecule has 0 spiro atoms. The van der Waals surface area contributed by atoms with Gasteiger partial charge in [0.1, 0.15) is 6.17 Å². The van der Waals surface area contributed by atoms with E-state index in [9.17, 15) is 4.39 Å². The van der Waals surface area contributed by atoms with Crippen LogP contribution in [0.15, 0.2) is 0 Å².